The predicted octanol–water partition coefficient (Wildman–Crippen LogP) is 1.86. The van der Waals surface area contributed by atoms with Crippen molar-refractivity contribution in [3.63, 3.8) is 0 Å². The number of hydrogen-bond acceptors (Lipinski definition) is 2. The van der Waals surface area contributed by atoms with Crippen molar-refractivity contribution in [3.05, 3.63) is 0 Å². The Kier molecular flexibility index (Phi) is 5.06. The van der Waals surface area contributed by atoms with E-state index in [4.69, 9.17) is 16.7 Å². The molecule has 0 aliphatic carbocycles. The zero-order valence-electron chi connectivity index (χ0n) is 9.49. The van der Waals surface area contributed by atoms with Gasteiger partial charge in [-0.15, -0.1) is 11.6 Å². The fourth-order valence-corrected chi connectivity index (χ4v) is 2.27. The van der Waals surface area contributed by atoms with Gasteiger partial charge in [-0.1, -0.05) is 26.2 Å². The zero-order chi connectivity index (χ0) is 12.1. The summed E-state index contributed by atoms with van der Waals surface area (Å²) >= 11 is 5.86. The van der Waals surface area contributed by atoms with Gasteiger partial charge in [0.15, 0.2) is 0 Å². The summed E-state index contributed by atoms with van der Waals surface area (Å²) in [5.74, 6) is -1.06. The van der Waals surface area contributed by atoms with Crippen LogP contribution in [0.2, 0.25) is 0 Å². The van der Waals surface area contributed by atoms with Crippen molar-refractivity contribution in [1.29, 1.82) is 0 Å². The van der Waals surface area contributed by atoms with Crippen LogP contribution in [-0.2, 0) is 9.59 Å². The van der Waals surface area contributed by atoms with Crippen LogP contribution in [0.15, 0.2) is 0 Å². The van der Waals surface area contributed by atoms with Crippen molar-refractivity contribution in [2.45, 2.75) is 50.4 Å². The van der Waals surface area contributed by atoms with Crippen LogP contribution in [0, 0.1) is 0 Å². The van der Waals surface area contributed by atoms with Crippen molar-refractivity contribution in [2.75, 3.05) is 6.54 Å². The first-order chi connectivity index (χ1) is 7.56. The van der Waals surface area contributed by atoms with Gasteiger partial charge in [0.25, 0.3) is 0 Å². The highest BCUT2D eigenvalue weighted by atomic mass is 35.5. The Morgan fingerprint density at radius 3 is 2.75 bits per heavy atom. The van der Waals surface area contributed by atoms with Crippen LogP contribution < -0.4 is 0 Å². The molecule has 16 heavy (non-hydrogen) atoms. The standard InChI is InChI=1S/C11H18ClNO3/c1-2-3-4-5-9(11(15)16)13-7-8(12)6-10(13)14/h8-9H,2-7H2,1H3,(H,15,16)/t8?,9-/m0/s1. The van der Waals surface area contributed by atoms with Gasteiger partial charge in [0.05, 0.1) is 5.38 Å². The predicted molar refractivity (Wildman–Crippen MR) is 61.5 cm³/mol. The minimum Gasteiger partial charge on any atom is -0.480 e. The van der Waals surface area contributed by atoms with E-state index in [1.54, 1.807) is 0 Å². The minimum absolute atomic E-state index is 0.135. The van der Waals surface area contributed by atoms with E-state index in [9.17, 15) is 9.59 Å². The number of halogens is 1. The Hall–Kier alpha value is -0.770. The fraction of sp³-hybridized carbons (Fsp3) is 0.818. The molecule has 92 valence electrons. The van der Waals surface area contributed by atoms with Crippen LogP contribution in [0.4, 0.5) is 0 Å². The Morgan fingerprint density at radius 2 is 2.31 bits per heavy atom. The van der Waals surface area contributed by atoms with E-state index >= 15 is 0 Å². The van der Waals surface area contributed by atoms with Gasteiger partial charge in [0, 0.05) is 13.0 Å². The van der Waals surface area contributed by atoms with Crippen molar-refractivity contribution in [1.82, 2.24) is 4.90 Å². The van der Waals surface area contributed by atoms with Gasteiger partial charge >= 0.3 is 5.97 Å². The molecule has 1 rings (SSSR count). The highest BCUT2D eigenvalue weighted by Crippen LogP contribution is 2.21. The van der Waals surface area contributed by atoms with Crippen molar-refractivity contribution < 1.29 is 14.7 Å². The number of carbonyl (C=O) groups is 2. The highest BCUT2D eigenvalue weighted by Gasteiger charge is 2.36. The summed E-state index contributed by atoms with van der Waals surface area (Å²) in [6, 6.07) is -0.692. The van der Waals surface area contributed by atoms with Gasteiger partial charge in [-0.3, -0.25) is 4.79 Å². The van der Waals surface area contributed by atoms with Gasteiger partial charge in [0.1, 0.15) is 6.04 Å². The topological polar surface area (TPSA) is 57.6 Å². The average Bonchev–Trinajstić information content (AvgIpc) is 2.52. The summed E-state index contributed by atoms with van der Waals surface area (Å²) in [6.07, 6.45) is 3.66. The lowest BCUT2D eigenvalue weighted by Crippen LogP contribution is -2.42. The molecule has 1 unspecified atom stereocenters. The smallest absolute Gasteiger partial charge is 0.326 e. The maximum Gasteiger partial charge on any atom is 0.326 e. The average molecular weight is 248 g/mol. The van der Waals surface area contributed by atoms with Crippen LogP contribution in [-0.4, -0.2) is 39.8 Å². The Morgan fingerprint density at radius 1 is 1.62 bits per heavy atom. The molecular weight excluding hydrogens is 230 g/mol. The van der Waals surface area contributed by atoms with Crippen molar-refractivity contribution >= 4 is 23.5 Å². The summed E-state index contributed by atoms with van der Waals surface area (Å²) in [6.45, 7) is 2.43. The molecule has 1 fully saturated rings. The molecular formula is C11H18ClNO3. The first-order valence-corrected chi connectivity index (χ1v) is 6.16. The number of carboxylic acids is 1. The number of alkyl halides is 1. The van der Waals surface area contributed by atoms with E-state index in [0.717, 1.165) is 19.3 Å². The fourth-order valence-electron chi connectivity index (χ4n) is 1.99. The van der Waals surface area contributed by atoms with Gasteiger partial charge in [0.2, 0.25) is 5.91 Å². The first-order valence-electron chi connectivity index (χ1n) is 5.72. The van der Waals surface area contributed by atoms with Crippen LogP contribution in [0.3, 0.4) is 0 Å². The maximum absolute atomic E-state index is 11.5. The summed E-state index contributed by atoms with van der Waals surface area (Å²) in [5, 5.41) is 8.86. The second-order valence-corrected chi connectivity index (χ2v) is 4.81. The number of nitrogens with zero attached hydrogens (tertiary/aromatic N) is 1. The number of amides is 1. The molecule has 0 saturated carbocycles. The summed E-state index contributed by atoms with van der Waals surface area (Å²) in [4.78, 5) is 24.0. The molecule has 1 saturated heterocycles. The van der Waals surface area contributed by atoms with Gasteiger partial charge in [-0.25, -0.2) is 4.79 Å². The monoisotopic (exact) mass is 247 g/mol. The molecule has 2 atom stereocenters. The number of likely N-dealkylation sites (tertiary alicyclic amines) is 1. The van der Waals surface area contributed by atoms with E-state index < -0.39 is 12.0 Å². The molecule has 5 heteroatoms. The van der Waals surface area contributed by atoms with Gasteiger partial charge < -0.3 is 10.0 Å². The molecule has 1 amide bonds. The molecule has 1 aliphatic rings. The van der Waals surface area contributed by atoms with Crippen LogP contribution in [0.1, 0.15) is 39.0 Å². The largest absolute Gasteiger partial charge is 0.480 e. The second kappa shape index (κ2) is 6.09. The Labute approximate surface area is 101 Å². The first kappa shape index (κ1) is 13.3. The number of rotatable bonds is 6. The number of carboxylic acid groups (broad SMARTS) is 1. The third-order valence-electron chi connectivity index (χ3n) is 2.85. The number of aliphatic carboxylic acids is 1. The zero-order valence-corrected chi connectivity index (χ0v) is 10.2. The van der Waals surface area contributed by atoms with E-state index in [0.29, 0.717) is 13.0 Å². The number of unbranched alkanes of at least 4 members (excludes halogenated alkanes) is 2. The van der Waals surface area contributed by atoms with Crippen LogP contribution in [0.25, 0.3) is 0 Å². The molecule has 1 N–H and O–H groups in total. The van der Waals surface area contributed by atoms with Crippen LogP contribution >= 0.6 is 11.6 Å². The minimum atomic E-state index is -0.921. The van der Waals surface area contributed by atoms with Crippen molar-refractivity contribution in [2.24, 2.45) is 0 Å². The van der Waals surface area contributed by atoms with Gasteiger partial charge in [-0.05, 0) is 6.42 Å². The molecule has 0 aromatic rings. The maximum atomic E-state index is 11.5. The number of carbonyl (C=O) groups excluding carboxylic acids is 1. The lowest BCUT2D eigenvalue weighted by molar-refractivity contribution is -0.148. The summed E-state index contributed by atoms with van der Waals surface area (Å²) < 4.78 is 0. The lowest BCUT2D eigenvalue weighted by Gasteiger charge is -2.24. The molecule has 4 nitrogen and oxygen atoms in total. The molecule has 0 aromatic heterocycles. The lowest BCUT2D eigenvalue weighted by atomic mass is 10.1. The van der Waals surface area contributed by atoms with Gasteiger partial charge in [-0.2, -0.15) is 0 Å². The molecule has 0 bridgehead atoms. The quantitative estimate of drug-likeness (QED) is 0.576. The normalized spacial score (nSPS) is 22.5. The molecule has 0 radical (unpaired) electrons. The molecule has 0 aromatic carbocycles. The molecule has 1 heterocycles. The Bertz CT molecular complexity index is 270. The van der Waals surface area contributed by atoms with E-state index in [2.05, 4.69) is 6.92 Å². The van der Waals surface area contributed by atoms with E-state index in [-0.39, 0.29) is 17.7 Å². The van der Waals surface area contributed by atoms with Crippen molar-refractivity contribution in [3.8, 4) is 0 Å². The summed E-state index contributed by atoms with van der Waals surface area (Å²) in [7, 11) is 0. The third kappa shape index (κ3) is 3.37. The summed E-state index contributed by atoms with van der Waals surface area (Å²) in [5.41, 5.74) is 0. The molecule has 1 aliphatic heterocycles. The van der Waals surface area contributed by atoms with E-state index in [1.807, 2.05) is 0 Å². The SMILES string of the molecule is CCCCC[C@@H](C(=O)O)N1CC(Cl)CC1=O. The third-order valence-corrected chi connectivity index (χ3v) is 3.15. The van der Waals surface area contributed by atoms with Crippen LogP contribution in [0.5, 0.6) is 0 Å². The number of hydrogen-bond donors (Lipinski definition) is 1. The van der Waals surface area contributed by atoms with E-state index in [1.165, 1.54) is 4.90 Å². The highest BCUT2D eigenvalue weighted by molar-refractivity contribution is 6.22. The molecule has 0 spiro atoms. The second-order valence-electron chi connectivity index (χ2n) is 4.20. The Balaban J connectivity index is 2.56.